The Morgan fingerprint density at radius 2 is 1.75 bits per heavy atom. The van der Waals surface area contributed by atoms with Gasteiger partial charge in [0.1, 0.15) is 5.75 Å². The number of rotatable bonds is 5. The Hall–Kier alpha value is -2.33. The molecule has 0 saturated carbocycles. The van der Waals surface area contributed by atoms with Crippen molar-refractivity contribution >= 4 is 5.91 Å². The molecule has 0 spiro atoms. The van der Waals surface area contributed by atoms with Gasteiger partial charge < -0.3 is 10.1 Å². The number of fused-ring (bicyclic) bond motifs is 2. The summed E-state index contributed by atoms with van der Waals surface area (Å²) in [5.74, 6) is 0.615. The fourth-order valence-corrected chi connectivity index (χ4v) is 4.85. The average Bonchev–Trinajstić information content (AvgIpc) is 2.70. The van der Waals surface area contributed by atoms with Crippen molar-refractivity contribution in [2.24, 2.45) is 0 Å². The lowest BCUT2D eigenvalue weighted by Gasteiger charge is -2.49. The minimum absolute atomic E-state index is 0.0208. The Kier molecular flexibility index (Phi) is 5.67. The van der Waals surface area contributed by atoms with Crippen LogP contribution in [0.3, 0.4) is 0 Å². The SMILES string of the molecule is COc1ccccc1C(=O)NC1CC2CCCC(C1)N2Cc1ccc(C)cc1. The third-order valence-electron chi connectivity index (χ3n) is 6.30. The Balaban J connectivity index is 1.43. The highest BCUT2D eigenvalue weighted by Crippen LogP contribution is 2.35. The van der Waals surface area contributed by atoms with Crippen molar-refractivity contribution in [3.8, 4) is 5.75 Å². The number of hydrogen-bond donors (Lipinski definition) is 1. The number of carbonyl (C=O) groups is 1. The Labute approximate surface area is 167 Å². The number of methoxy groups -OCH3 is 1. The van der Waals surface area contributed by atoms with Crippen molar-refractivity contribution in [1.29, 1.82) is 0 Å². The highest BCUT2D eigenvalue weighted by Gasteiger charge is 2.38. The first-order valence-corrected chi connectivity index (χ1v) is 10.4. The van der Waals surface area contributed by atoms with Gasteiger partial charge in [0.25, 0.3) is 5.91 Å². The van der Waals surface area contributed by atoms with E-state index in [0.717, 1.165) is 19.4 Å². The van der Waals surface area contributed by atoms with E-state index in [1.807, 2.05) is 24.3 Å². The Morgan fingerprint density at radius 3 is 2.43 bits per heavy atom. The summed E-state index contributed by atoms with van der Waals surface area (Å²) < 4.78 is 5.35. The molecule has 1 N–H and O–H groups in total. The summed E-state index contributed by atoms with van der Waals surface area (Å²) in [5.41, 5.74) is 3.32. The van der Waals surface area contributed by atoms with E-state index in [1.54, 1.807) is 7.11 Å². The van der Waals surface area contributed by atoms with Crippen molar-refractivity contribution in [3.05, 3.63) is 65.2 Å². The lowest BCUT2D eigenvalue weighted by atomic mass is 9.81. The zero-order chi connectivity index (χ0) is 19.5. The molecule has 2 heterocycles. The first-order valence-electron chi connectivity index (χ1n) is 10.4. The van der Waals surface area contributed by atoms with Gasteiger partial charge in [0.05, 0.1) is 12.7 Å². The second-order valence-electron chi connectivity index (χ2n) is 8.24. The molecule has 2 aliphatic heterocycles. The van der Waals surface area contributed by atoms with Crippen LogP contribution in [0.1, 0.15) is 53.6 Å². The first kappa shape index (κ1) is 19.0. The third-order valence-corrected chi connectivity index (χ3v) is 6.30. The van der Waals surface area contributed by atoms with Gasteiger partial charge in [-0.2, -0.15) is 0 Å². The van der Waals surface area contributed by atoms with Gasteiger partial charge in [-0.1, -0.05) is 48.4 Å². The Morgan fingerprint density at radius 1 is 1.07 bits per heavy atom. The lowest BCUT2D eigenvalue weighted by molar-refractivity contribution is 0.0177. The van der Waals surface area contributed by atoms with E-state index in [0.29, 0.717) is 23.4 Å². The number of hydrogen-bond acceptors (Lipinski definition) is 3. The van der Waals surface area contributed by atoms with Gasteiger partial charge >= 0.3 is 0 Å². The molecule has 2 aromatic rings. The predicted molar refractivity (Wildman–Crippen MR) is 112 cm³/mol. The summed E-state index contributed by atoms with van der Waals surface area (Å²) in [6, 6.07) is 17.7. The highest BCUT2D eigenvalue weighted by atomic mass is 16.5. The zero-order valence-corrected chi connectivity index (χ0v) is 16.9. The minimum atomic E-state index is -0.0208. The van der Waals surface area contributed by atoms with E-state index in [1.165, 1.54) is 30.4 Å². The number of piperidine rings is 2. The predicted octanol–water partition coefficient (Wildman–Crippen LogP) is 4.32. The average molecular weight is 379 g/mol. The van der Waals surface area contributed by atoms with Crippen LogP contribution in [0, 0.1) is 6.92 Å². The fraction of sp³-hybridized carbons (Fsp3) is 0.458. The topological polar surface area (TPSA) is 41.6 Å². The van der Waals surface area contributed by atoms with Crippen LogP contribution >= 0.6 is 0 Å². The number of carbonyl (C=O) groups excluding carboxylic acids is 1. The van der Waals surface area contributed by atoms with Crippen LogP contribution in [0.15, 0.2) is 48.5 Å². The maximum absolute atomic E-state index is 12.8. The van der Waals surface area contributed by atoms with Crippen LogP contribution in [0.5, 0.6) is 5.75 Å². The van der Waals surface area contributed by atoms with Crippen LogP contribution in [0.2, 0.25) is 0 Å². The van der Waals surface area contributed by atoms with E-state index >= 15 is 0 Å². The van der Waals surface area contributed by atoms with Gasteiger partial charge in [0, 0.05) is 24.7 Å². The van der Waals surface area contributed by atoms with E-state index in [9.17, 15) is 4.79 Å². The monoisotopic (exact) mass is 378 g/mol. The van der Waals surface area contributed by atoms with Crippen molar-refractivity contribution in [3.63, 3.8) is 0 Å². The van der Waals surface area contributed by atoms with E-state index < -0.39 is 0 Å². The molecule has 2 aromatic carbocycles. The molecule has 28 heavy (non-hydrogen) atoms. The number of ether oxygens (including phenoxy) is 1. The number of amides is 1. The van der Waals surface area contributed by atoms with E-state index in [4.69, 9.17) is 4.74 Å². The van der Waals surface area contributed by atoms with Gasteiger partial charge in [-0.3, -0.25) is 9.69 Å². The van der Waals surface area contributed by atoms with Gasteiger partial charge in [0.2, 0.25) is 0 Å². The molecular weight excluding hydrogens is 348 g/mol. The molecule has 2 atom stereocenters. The Bertz CT molecular complexity index is 804. The van der Waals surface area contributed by atoms with E-state index in [2.05, 4.69) is 41.4 Å². The fourth-order valence-electron chi connectivity index (χ4n) is 4.85. The molecule has 2 aliphatic rings. The molecule has 2 bridgehead atoms. The number of aryl methyl sites for hydroxylation is 1. The van der Waals surface area contributed by atoms with Crippen molar-refractivity contribution < 1.29 is 9.53 Å². The van der Waals surface area contributed by atoms with Crippen LogP contribution in [-0.2, 0) is 6.54 Å². The second kappa shape index (κ2) is 8.36. The molecule has 4 rings (SSSR count). The van der Waals surface area contributed by atoms with Crippen LogP contribution in [-0.4, -0.2) is 36.0 Å². The lowest BCUT2D eigenvalue weighted by Crippen LogP contribution is -2.56. The molecule has 2 saturated heterocycles. The summed E-state index contributed by atoms with van der Waals surface area (Å²) in [4.78, 5) is 15.5. The molecule has 148 valence electrons. The van der Waals surface area contributed by atoms with Gasteiger partial charge in [-0.15, -0.1) is 0 Å². The number of nitrogens with one attached hydrogen (secondary N) is 1. The zero-order valence-electron chi connectivity index (χ0n) is 16.9. The van der Waals surface area contributed by atoms with Crippen LogP contribution in [0.4, 0.5) is 0 Å². The molecule has 4 heteroatoms. The normalized spacial score (nSPS) is 24.6. The summed E-state index contributed by atoms with van der Waals surface area (Å²) in [6.07, 6.45) is 5.81. The maximum Gasteiger partial charge on any atom is 0.255 e. The smallest absolute Gasteiger partial charge is 0.255 e. The molecule has 0 aliphatic carbocycles. The number of benzene rings is 2. The molecular formula is C24H30N2O2. The summed E-state index contributed by atoms with van der Waals surface area (Å²) in [5, 5.41) is 3.28. The summed E-state index contributed by atoms with van der Waals surface area (Å²) >= 11 is 0. The second-order valence-corrected chi connectivity index (χ2v) is 8.24. The highest BCUT2D eigenvalue weighted by molar-refractivity contribution is 5.97. The molecule has 1 amide bonds. The minimum Gasteiger partial charge on any atom is -0.496 e. The van der Waals surface area contributed by atoms with Gasteiger partial charge in [-0.05, 0) is 50.3 Å². The third kappa shape index (κ3) is 4.07. The molecule has 4 nitrogen and oxygen atoms in total. The largest absolute Gasteiger partial charge is 0.496 e. The van der Waals surface area contributed by atoms with Crippen molar-refractivity contribution in [1.82, 2.24) is 10.2 Å². The number of nitrogens with zero attached hydrogens (tertiary/aromatic N) is 1. The quantitative estimate of drug-likeness (QED) is 0.842. The first-order chi connectivity index (χ1) is 13.6. The van der Waals surface area contributed by atoms with E-state index in [-0.39, 0.29) is 11.9 Å². The molecule has 2 unspecified atom stereocenters. The van der Waals surface area contributed by atoms with Crippen LogP contribution in [0.25, 0.3) is 0 Å². The van der Waals surface area contributed by atoms with Crippen molar-refractivity contribution in [2.45, 2.75) is 63.7 Å². The molecule has 0 aromatic heterocycles. The molecule has 2 fully saturated rings. The van der Waals surface area contributed by atoms with Gasteiger partial charge in [0.15, 0.2) is 0 Å². The van der Waals surface area contributed by atoms with Crippen LogP contribution < -0.4 is 10.1 Å². The summed E-state index contributed by atoms with van der Waals surface area (Å²) in [6.45, 7) is 3.15. The summed E-state index contributed by atoms with van der Waals surface area (Å²) in [7, 11) is 1.61. The number of para-hydroxylation sites is 1. The molecule has 0 radical (unpaired) electrons. The van der Waals surface area contributed by atoms with Crippen molar-refractivity contribution in [2.75, 3.05) is 7.11 Å². The van der Waals surface area contributed by atoms with Gasteiger partial charge in [-0.25, -0.2) is 0 Å². The standard InChI is InChI=1S/C24H30N2O2/c1-17-10-12-18(13-11-17)16-26-20-6-5-7-21(26)15-19(14-20)25-24(27)22-8-3-4-9-23(22)28-2/h3-4,8-13,19-21H,5-7,14-16H2,1-2H3,(H,25,27). The maximum atomic E-state index is 12.8.